The van der Waals surface area contributed by atoms with Crippen LogP contribution in [0.2, 0.25) is 5.02 Å². The second kappa shape index (κ2) is 10.7. The van der Waals surface area contributed by atoms with E-state index in [1.807, 2.05) is 42.5 Å². The molecule has 174 valence electrons. The molecule has 1 atom stereocenters. The Bertz CT molecular complexity index is 1130. The van der Waals surface area contributed by atoms with E-state index in [0.29, 0.717) is 23.1 Å². The molecule has 4 rings (SSSR count). The Balaban J connectivity index is 1.50. The summed E-state index contributed by atoms with van der Waals surface area (Å²) in [6.45, 7) is 4.30. The Hall–Kier alpha value is -2.42. The number of hydrogen-bond acceptors (Lipinski definition) is 5. The van der Waals surface area contributed by atoms with Gasteiger partial charge < -0.3 is 9.64 Å². The number of piperazine rings is 1. The van der Waals surface area contributed by atoms with Gasteiger partial charge in [-0.25, -0.2) is 13.1 Å². The van der Waals surface area contributed by atoms with Gasteiger partial charge in [0.2, 0.25) is 10.0 Å². The topological polar surface area (TPSA) is 61.9 Å². The molecule has 1 heterocycles. The average Bonchev–Trinajstić information content (AvgIpc) is 2.81. The SMILES string of the molecule is CN1CCN(C[C@@H](NS(=O)(=O)c2ccc(Oc3ccccc3)cc2)c2ccc(Cl)cc2)CC1. The number of halogens is 1. The zero-order valence-electron chi connectivity index (χ0n) is 18.5. The molecule has 0 unspecified atom stereocenters. The highest BCUT2D eigenvalue weighted by molar-refractivity contribution is 7.89. The van der Waals surface area contributed by atoms with Gasteiger partial charge in [-0.2, -0.15) is 0 Å². The fourth-order valence-electron chi connectivity index (χ4n) is 3.76. The molecule has 33 heavy (non-hydrogen) atoms. The summed E-state index contributed by atoms with van der Waals surface area (Å²) in [6.07, 6.45) is 0. The van der Waals surface area contributed by atoms with Crippen molar-refractivity contribution in [2.24, 2.45) is 0 Å². The number of benzene rings is 3. The quantitative estimate of drug-likeness (QED) is 0.512. The van der Waals surface area contributed by atoms with Crippen molar-refractivity contribution < 1.29 is 13.2 Å². The van der Waals surface area contributed by atoms with Crippen LogP contribution in [0.3, 0.4) is 0 Å². The molecule has 3 aromatic carbocycles. The lowest BCUT2D eigenvalue weighted by Gasteiger charge is -2.35. The van der Waals surface area contributed by atoms with Crippen LogP contribution in [0.5, 0.6) is 11.5 Å². The average molecular weight is 486 g/mol. The molecule has 1 fully saturated rings. The fraction of sp³-hybridized carbons (Fsp3) is 0.280. The number of hydrogen-bond donors (Lipinski definition) is 1. The smallest absolute Gasteiger partial charge is 0.241 e. The van der Waals surface area contributed by atoms with E-state index in [9.17, 15) is 8.42 Å². The van der Waals surface area contributed by atoms with E-state index in [1.165, 1.54) is 0 Å². The van der Waals surface area contributed by atoms with Gasteiger partial charge in [-0.1, -0.05) is 41.9 Å². The van der Waals surface area contributed by atoms with E-state index < -0.39 is 16.1 Å². The predicted molar refractivity (Wildman–Crippen MR) is 131 cm³/mol. The van der Waals surface area contributed by atoms with Crippen LogP contribution in [0.15, 0.2) is 83.8 Å². The van der Waals surface area contributed by atoms with E-state index in [-0.39, 0.29) is 4.90 Å². The van der Waals surface area contributed by atoms with Crippen molar-refractivity contribution in [2.75, 3.05) is 39.8 Å². The molecule has 0 amide bonds. The monoisotopic (exact) mass is 485 g/mol. The predicted octanol–water partition coefficient (Wildman–Crippen LogP) is 4.40. The summed E-state index contributed by atoms with van der Waals surface area (Å²) < 4.78 is 35.2. The number of likely N-dealkylation sites (N-methyl/N-ethyl adjacent to an activating group) is 1. The van der Waals surface area contributed by atoms with Gasteiger partial charge in [0, 0.05) is 37.7 Å². The second-order valence-electron chi connectivity index (χ2n) is 8.22. The minimum absolute atomic E-state index is 0.195. The molecule has 1 aliphatic heterocycles. The molecule has 0 radical (unpaired) electrons. The Morgan fingerprint density at radius 2 is 1.48 bits per heavy atom. The highest BCUT2D eigenvalue weighted by Gasteiger charge is 2.25. The molecule has 0 bridgehead atoms. The number of sulfonamides is 1. The maximum absolute atomic E-state index is 13.2. The van der Waals surface area contributed by atoms with Crippen molar-refractivity contribution in [3.8, 4) is 11.5 Å². The highest BCUT2D eigenvalue weighted by Crippen LogP contribution is 2.25. The van der Waals surface area contributed by atoms with Gasteiger partial charge in [0.25, 0.3) is 0 Å². The number of rotatable bonds is 8. The van der Waals surface area contributed by atoms with Crippen LogP contribution in [0.4, 0.5) is 0 Å². The molecule has 1 N–H and O–H groups in total. The Kier molecular flexibility index (Phi) is 7.67. The maximum atomic E-state index is 13.2. The molecule has 0 saturated carbocycles. The fourth-order valence-corrected chi connectivity index (χ4v) is 5.10. The summed E-state index contributed by atoms with van der Waals surface area (Å²) in [6, 6.07) is 22.8. The molecular formula is C25H28ClN3O3S. The van der Waals surface area contributed by atoms with Gasteiger partial charge in [-0.05, 0) is 61.1 Å². The van der Waals surface area contributed by atoms with Gasteiger partial charge in [0.05, 0.1) is 10.9 Å². The van der Waals surface area contributed by atoms with Crippen molar-refractivity contribution in [3.63, 3.8) is 0 Å². The molecule has 1 saturated heterocycles. The van der Waals surface area contributed by atoms with Crippen molar-refractivity contribution in [2.45, 2.75) is 10.9 Å². The molecule has 0 aliphatic carbocycles. The van der Waals surface area contributed by atoms with Crippen molar-refractivity contribution in [3.05, 3.63) is 89.4 Å². The lowest BCUT2D eigenvalue weighted by molar-refractivity contribution is 0.145. The number of nitrogens with zero attached hydrogens (tertiary/aromatic N) is 2. The number of para-hydroxylation sites is 1. The van der Waals surface area contributed by atoms with E-state index in [4.69, 9.17) is 16.3 Å². The second-order valence-corrected chi connectivity index (χ2v) is 10.4. The Morgan fingerprint density at radius 3 is 2.12 bits per heavy atom. The molecule has 3 aromatic rings. The number of nitrogens with one attached hydrogen (secondary N) is 1. The van der Waals surface area contributed by atoms with Crippen molar-refractivity contribution in [1.82, 2.24) is 14.5 Å². The largest absolute Gasteiger partial charge is 0.457 e. The molecule has 1 aliphatic rings. The Labute approximate surface area is 200 Å². The van der Waals surface area contributed by atoms with Crippen LogP contribution in [-0.2, 0) is 10.0 Å². The van der Waals surface area contributed by atoms with Gasteiger partial charge >= 0.3 is 0 Å². The van der Waals surface area contributed by atoms with Crippen LogP contribution in [0.25, 0.3) is 0 Å². The summed E-state index contributed by atoms with van der Waals surface area (Å²) >= 11 is 6.06. The third kappa shape index (κ3) is 6.56. The van der Waals surface area contributed by atoms with E-state index >= 15 is 0 Å². The van der Waals surface area contributed by atoms with Crippen molar-refractivity contribution >= 4 is 21.6 Å². The van der Waals surface area contributed by atoms with Crippen molar-refractivity contribution in [1.29, 1.82) is 0 Å². The molecule has 6 nitrogen and oxygen atoms in total. The van der Waals surface area contributed by atoms with E-state index in [0.717, 1.165) is 31.7 Å². The van der Waals surface area contributed by atoms with Gasteiger partial charge in [0.1, 0.15) is 11.5 Å². The first kappa shape index (κ1) is 23.7. The summed E-state index contributed by atoms with van der Waals surface area (Å²) in [4.78, 5) is 4.76. The minimum atomic E-state index is -3.74. The number of ether oxygens (including phenoxy) is 1. The summed E-state index contributed by atoms with van der Waals surface area (Å²) in [5, 5.41) is 0.619. The third-order valence-electron chi connectivity index (χ3n) is 5.72. The van der Waals surface area contributed by atoms with Crippen LogP contribution in [-0.4, -0.2) is 58.0 Å². The third-order valence-corrected chi connectivity index (χ3v) is 7.46. The normalized spacial score (nSPS) is 16.4. The molecular weight excluding hydrogens is 458 g/mol. The van der Waals surface area contributed by atoms with Crippen LogP contribution in [0.1, 0.15) is 11.6 Å². The zero-order valence-corrected chi connectivity index (χ0v) is 20.1. The van der Waals surface area contributed by atoms with Gasteiger partial charge in [0.15, 0.2) is 0 Å². The standard InChI is InChI=1S/C25H28ClN3O3S/c1-28-15-17-29(18-16-28)19-25(20-7-9-21(26)10-8-20)27-33(30,31)24-13-11-23(12-14-24)32-22-5-3-2-4-6-22/h2-14,25,27H,15-19H2,1H3/t25-/m1/s1. The first-order chi connectivity index (χ1) is 15.9. The lowest BCUT2D eigenvalue weighted by Crippen LogP contribution is -2.47. The summed E-state index contributed by atoms with van der Waals surface area (Å²) in [5.74, 6) is 1.27. The molecule has 0 aromatic heterocycles. The first-order valence-corrected chi connectivity index (χ1v) is 12.8. The highest BCUT2D eigenvalue weighted by atomic mass is 35.5. The summed E-state index contributed by atoms with van der Waals surface area (Å²) in [5.41, 5.74) is 0.880. The summed E-state index contributed by atoms with van der Waals surface area (Å²) in [7, 11) is -1.65. The molecule has 8 heteroatoms. The van der Waals surface area contributed by atoms with Crippen LogP contribution >= 0.6 is 11.6 Å². The first-order valence-electron chi connectivity index (χ1n) is 10.9. The minimum Gasteiger partial charge on any atom is -0.457 e. The van der Waals surface area contributed by atoms with Gasteiger partial charge in [-0.15, -0.1) is 0 Å². The van der Waals surface area contributed by atoms with Crippen LogP contribution in [0, 0.1) is 0 Å². The van der Waals surface area contributed by atoms with Gasteiger partial charge in [-0.3, -0.25) is 4.90 Å². The zero-order chi connectivity index (χ0) is 23.3. The molecule has 0 spiro atoms. The Morgan fingerprint density at radius 1 is 0.879 bits per heavy atom. The van der Waals surface area contributed by atoms with E-state index in [2.05, 4.69) is 21.6 Å². The van der Waals surface area contributed by atoms with Crippen LogP contribution < -0.4 is 9.46 Å². The van der Waals surface area contributed by atoms with E-state index in [1.54, 1.807) is 36.4 Å². The lowest BCUT2D eigenvalue weighted by atomic mass is 10.1. The maximum Gasteiger partial charge on any atom is 0.241 e.